The van der Waals surface area contributed by atoms with Crippen molar-refractivity contribution in [1.29, 1.82) is 0 Å². The molecule has 120 valence electrons. The van der Waals surface area contributed by atoms with E-state index >= 15 is 0 Å². The third-order valence-corrected chi connectivity index (χ3v) is 3.53. The number of carbonyl (C=O) groups is 1. The zero-order chi connectivity index (χ0) is 16.7. The van der Waals surface area contributed by atoms with Crippen molar-refractivity contribution in [1.82, 2.24) is 0 Å². The highest BCUT2D eigenvalue weighted by Gasteiger charge is 2.03. The second-order valence-corrected chi connectivity index (χ2v) is 5.43. The smallest absolute Gasteiger partial charge is 0.159 e. The number of ketones is 1. The Morgan fingerprint density at radius 2 is 1.22 bits per heavy atom. The predicted molar refractivity (Wildman–Crippen MR) is 88.6 cm³/mol. The number of hydrogen-bond donors (Lipinski definition) is 3. The van der Waals surface area contributed by atoms with Crippen LogP contribution in [0.2, 0.25) is 0 Å². The van der Waals surface area contributed by atoms with Gasteiger partial charge in [-0.3, -0.25) is 4.79 Å². The van der Waals surface area contributed by atoms with Crippen molar-refractivity contribution < 1.29 is 20.1 Å². The van der Waals surface area contributed by atoms with E-state index in [9.17, 15) is 20.1 Å². The largest absolute Gasteiger partial charge is 0.512 e. The summed E-state index contributed by atoms with van der Waals surface area (Å²) in [7, 11) is 0. The van der Waals surface area contributed by atoms with Crippen molar-refractivity contribution in [3.8, 4) is 11.5 Å². The Morgan fingerprint density at radius 1 is 0.783 bits per heavy atom. The van der Waals surface area contributed by atoms with Crippen molar-refractivity contribution in [3.63, 3.8) is 0 Å². The first kappa shape index (κ1) is 16.6. The average molecular weight is 312 g/mol. The molecule has 0 bridgehead atoms. The van der Waals surface area contributed by atoms with Gasteiger partial charge in [0.25, 0.3) is 0 Å². The first-order valence-electron chi connectivity index (χ1n) is 7.51. The quantitative estimate of drug-likeness (QED) is 0.538. The van der Waals surface area contributed by atoms with Gasteiger partial charge in [0.05, 0.1) is 5.76 Å². The van der Waals surface area contributed by atoms with Crippen LogP contribution in [0.25, 0.3) is 0 Å². The van der Waals surface area contributed by atoms with Crippen LogP contribution in [0, 0.1) is 0 Å². The molecule has 0 aromatic heterocycles. The minimum atomic E-state index is -0.124. The lowest BCUT2D eigenvalue weighted by Crippen LogP contribution is -1.99. The minimum absolute atomic E-state index is 0.0637. The summed E-state index contributed by atoms with van der Waals surface area (Å²) in [6, 6.07) is 13.5. The van der Waals surface area contributed by atoms with Crippen LogP contribution < -0.4 is 0 Å². The molecule has 23 heavy (non-hydrogen) atoms. The zero-order valence-corrected chi connectivity index (χ0v) is 12.8. The Balaban J connectivity index is 1.79. The molecule has 0 aliphatic carbocycles. The summed E-state index contributed by atoms with van der Waals surface area (Å²) in [5.74, 6) is 0.347. The molecule has 0 aliphatic heterocycles. The molecule has 4 nitrogen and oxygen atoms in total. The molecule has 0 atom stereocenters. The third-order valence-electron chi connectivity index (χ3n) is 3.53. The van der Waals surface area contributed by atoms with Crippen molar-refractivity contribution in [2.24, 2.45) is 0 Å². The van der Waals surface area contributed by atoms with Crippen LogP contribution in [-0.4, -0.2) is 21.1 Å². The number of aliphatic hydroxyl groups excluding tert-OH is 1. The molecule has 2 aromatic carbocycles. The summed E-state index contributed by atoms with van der Waals surface area (Å²) >= 11 is 0. The Kier molecular flexibility index (Phi) is 5.80. The topological polar surface area (TPSA) is 77.8 Å². The number of rotatable bonds is 7. The summed E-state index contributed by atoms with van der Waals surface area (Å²) in [4.78, 5) is 11.8. The number of aliphatic hydroxyl groups is 1. The van der Waals surface area contributed by atoms with Gasteiger partial charge in [-0.05, 0) is 48.2 Å². The zero-order valence-electron chi connectivity index (χ0n) is 12.8. The number of carbonyl (C=O) groups excluding carboxylic acids is 1. The van der Waals surface area contributed by atoms with Crippen LogP contribution in [0.5, 0.6) is 11.5 Å². The minimum Gasteiger partial charge on any atom is -0.512 e. The molecule has 0 aliphatic rings. The van der Waals surface area contributed by atoms with E-state index in [0.29, 0.717) is 25.7 Å². The fourth-order valence-electron chi connectivity index (χ4n) is 2.20. The summed E-state index contributed by atoms with van der Waals surface area (Å²) in [5.41, 5.74) is 1.95. The van der Waals surface area contributed by atoms with Crippen molar-refractivity contribution in [2.75, 3.05) is 0 Å². The molecule has 0 heterocycles. The van der Waals surface area contributed by atoms with Gasteiger partial charge in [0.15, 0.2) is 5.78 Å². The highest BCUT2D eigenvalue weighted by atomic mass is 16.3. The van der Waals surface area contributed by atoms with Gasteiger partial charge in [-0.1, -0.05) is 24.3 Å². The standard InChI is InChI=1S/C19H20O4/c20-16-7-1-14(2-8-16)5-11-18(22)13-19(23)12-6-15-3-9-17(21)10-4-15/h1-4,7-10,13,20-22H,5-6,11-12H2. The number of phenols is 2. The second kappa shape index (κ2) is 8.03. The molecule has 0 radical (unpaired) electrons. The first-order chi connectivity index (χ1) is 11.0. The van der Waals surface area contributed by atoms with Crippen molar-refractivity contribution >= 4 is 5.78 Å². The van der Waals surface area contributed by atoms with Crippen molar-refractivity contribution in [3.05, 3.63) is 71.5 Å². The molecule has 0 amide bonds. The number of allylic oxidation sites excluding steroid dienone is 2. The molecule has 2 rings (SSSR count). The molecule has 2 aromatic rings. The number of hydrogen-bond acceptors (Lipinski definition) is 4. The Hall–Kier alpha value is -2.75. The van der Waals surface area contributed by atoms with E-state index in [1.807, 2.05) is 0 Å². The van der Waals surface area contributed by atoms with E-state index < -0.39 is 0 Å². The van der Waals surface area contributed by atoms with Crippen LogP contribution in [0.4, 0.5) is 0 Å². The Morgan fingerprint density at radius 3 is 1.70 bits per heavy atom. The van der Waals surface area contributed by atoms with Gasteiger partial charge in [0, 0.05) is 18.9 Å². The number of phenolic OH excluding ortho intramolecular Hbond substituents is 2. The van der Waals surface area contributed by atoms with Gasteiger partial charge < -0.3 is 15.3 Å². The van der Waals surface area contributed by atoms with Crippen molar-refractivity contribution in [2.45, 2.75) is 25.7 Å². The molecule has 0 unspecified atom stereocenters. The van der Waals surface area contributed by atoms with Crippen LogP contribution in [-0.2, 0) is 17.6 Å². The second-order valence-electron chi connectivity index (χ2n) is 5.43. The molecule has 3 N–H and O–H groups in total. The number of aromatic hydroxyl groups is 2. The highest BCUT2D eigenvalue weighted by Crippen LogP contribution is 2.14. The van der Waals surface area contributed by atoms with E-state index in [2.05, 4.69) is 0 Å². The van der Waals surface area contributed by atoms with E-state index in [4.69, 9.17) is 0 Å². The van der Waals surface area contributed by atoms with E-state index in [1.54, 1.807) is 48.5 Å². The fourth-order valence-corrected chi connectivity index (χ4v) is 2.20. The maximum absolute atomic E-state index is 11.8. The maximum atomic E-state index is 11.8. The molecular formula is C19H20O4. The fraction of sp³-hybridized carbons (Fsp3) is 0.211. The average Bonchev–Trinajstić information content (AvgIpc) is 2.54. The summed E-state index contributed by atoms with van der Waals surface area (Å²) < 4.78 is 0. The molecule has 0 saturated heterocycles. The number of aryl methyl sites for hydroxylation is 2. The van der Waals surface area contributed by atoms with Gasteiger partial charge in [-0.25, -0.2) is 0 Å². The van der Waals surface area contributed by atoms with Crippen LogP contribution in [0.1, 0.15) is 24.0 Å². The van der Waals surface area contributed by atoms with Crippen LogP contribution >= 0.6 is 0 Å². The predicted octanol–water partition coefficient (Wildman–Crippen LogP) is 3.67. The van der Waals surface area contributed by atoms with E-state index in [-0.39, 0.29) is 23.0 Å². The van der Waals surface area contributed by atoms with E-state index in [0.717, 1.165) is 11.1 Å². The van der Waals surface area contributed by atoms with Gasteiger partial charge in [-0.2, -0.15) is 0 Å². The van der Waals surface area contributed by atoms with Gasteiger partial charge in [0.1, 0.15) is 11.5 Å². The Bertz CT molecular complexity index is 670. The Labute approximate surface area is 135 Å². The van der Waals surface area contributed by atoms with Gasteiger partial charge >= 0.3 is 0 Å². The lowest BCUT2D eigenvalue weighted by Gasteiger charge is -2.03. The first-order valence-corrected chi connectivity index (χ1v) is 7.51. The lowest BCUT2D eigenvalue weighted by molar-refractivity contribution is -0.114. The molecule has 0 saturated carbocycles. The van der Waals surface area contributed by atoms with Gasteiger partial charge in [-0.15, -0.1) is 0 Å². The monoisotopic (exact) mass is 312 g/mol. The van der Waals surface area contributed by atoms with Gasteiger partial charge in [0.2, 0.25) is 0 Å². The SMILES string of the molecule is O=C(C=C(O)CCc1ccc(O)cc1)CCc1ccc(O)cc1. The third kappa shape index (κ3) is 5.87. The summed E-state index contributed by atoms with van der Waals surface area (Å²) in [6.07, 6.45) is 3.15. The molecule has 4 heteroatoms. The maximum Gasteiger partial charge on any atom is 0.159 e. The molecule has 0 fully saturated rings. The van der Waals surface area contributed by atoms with Crippen LogP contribution in [0.15, 0.2) is 60.4 Å². The summed E-state index contributed by atoms with van der Waals surface area (Å²) in [6.45, 7) is 0. The highest BCUT2D eigenvalue weighted by molar-refractivity contribution is 5.90. The normalized spacial score (nSPS) is 11.4. The lowest BCUT2D eigenvalue weighted by atomic mass is 10.1. The van der Waals surface area contributed by atoms with E-state index in [1.165, 1.54) is 6.08 Å². The molecule has 0 spiro atoms. The van der Waals surface area contributed by atoms with Crippen LogP contribution in [0.3, 0.4) is 0 Å². The summed E-state index contributed by atoms with van der Waals surface area (Å²) in [5, 5.41) is 28.2. The molecular weight excluding hydrogens is 292 g/mol. The number of benzene rings is 2.